The summed E-state index contributed by atoms with van der Waals surface area (Å²) in [6, 6.07) is 5.63. The third-order valence-electron chi connectivity index (χ3n) is 2.36. The molecule has 0 bridgehead atoms. The molecule has 7 heteroatoms. The molecule has 2 rings (SSSR count). The maximum atomic E-state index is 12.1. The van der Waals surface area contributed by atoms with Gasteiger partial charge in [-0.05, 0) is 25.1 Å². The lowest BCUT2D eigenvalue weighted by molar-refractivity contribution is 0.459. The largest absolute Gasteiger partial charge is 0.468 e. The zero-order chi connectivity index (χ0) is 13.2. The third kappa shape index (κ3) is 2.69. The summed E-state index contributed by atoms with van der Waals surface area (Å²) in [7, 11) is -3.64. The van der Waals surface area contributed by atoms with Gasteiger partial charge in [-0.15, -0.1) is 0 Å². The van der Waals surface area contributed by atoms with E-state index in [4.69, 9.17) is 10.2 Å². The number of anilines is 1. The molecule has 2 heterocycles. The Balaban J connectivity index is 2.22. The number of hydrogen-bond donors (Lipinski definition) is 2. The fourth-order valence-electron chi connectivity index (χ4n) is 1.49. The van der Waals surface area contributed by atoms with E-state index < -0.39 is 16.1 Å². The minimum atomic E-state index is -3.64. The lowest BCUT2D eigenvalue weighted by Gasteiger charge is -2.12. The van der Waals surface area contributed by atoms with E-state index in [1.165, 1.54) is 24.6 Å². The van der Waals surface area contributed by atoms with Gasteiger partial charge in [0.1, 0.15) is 11.6 Å². The van der Waals surface area contributed by atoms with Crippen molar-refractivity contribution >= 4 is 15.8 Å². The quantitative estimate of drug-likeness (QED) is 0.870. The number of pyridine rings is 1. The zero-order valence-corrected chi connectivity index (χ0v) is 10.5. The van der Waals surface area contributed by atoms with Crippen LogP contribution in [0.15, 0.2) is 46.0 Å². The summed E-state index contributed by atoms with van der Waals surface area (Å²) in [6.45, 7) is 1.70. The van der Waals surface area contributed by atoms with Crippen LogP contribution in [0, 0.1) is 0 Å². The van der Waals surface area contributed by atoms with Crippen molar-refractivity contribution in [3.63, 3.8) is 0 Å². The van der Waals surface area contributed by atoms with Crippen molar-refractivity contribution in [1.29, 1.82) is 0 Å². The Morgan fingerprint density at radius 3 is 2.83 bits per heavy atom. The van der Waals surface area contributed by atoms with Crippen LogP contribution in [0.2, 0.25) is 0 Å². The highest BCUT2D eigenvalue weighted by Crippen LogP contribution is 2.17. The molecular weight excluding hydrogens is 254 g/mol. The van der Waals surface area contributed by atoms with Gasteiger partial charge >= 0.3 is 0 Å². The van der Waals surface area contributed by atoms with Gasteiger partial charge in [0.05, 0.1) is 17.2 Å². The molecule has 0 fully saturated rings. The first kappa shape index (κ1) is 12.6. The van der Waals surface area contributed by atoms with Crippen LogP contribution >= 0.6 is 0 Å². The molecular formula is C11H13N3O3S. The highest BCUT2D eigenvalue weighted by molar-refractivity contribution is 7.89. The first-order chi connectivity index (χ1) is 8.49. The summed E-state index contributed by atoms with van der Waals surface area (Å²) in [5, 5.41) is 0. The Bertz CT molecular complexity index is 623. The molecule has 0 aliphatic carbocycles. The SMILES string of the molecule is CC(NS(=O)(=O)c1ccnc(N)c1)c1ccco1. The van der Waals surface area contributed by atoms with Gasteiger partial charge in [-0.2, -0.15) is 0 Å². The number of nitrogen functional groups attached to an aromatic ring is 1. The molecule has 6 nitrogen and oxygen atoms in total. The maximum absolute atomic E-state index is 12.1. The number of hydrogen-bond acceptors (Lipinski definition) is 5. The summed E-state index contributed by atoms with van der Waals surface area (Å²) < 4.78 is 31.7. The summed E-state index contributed by atoms with van der Waals surface area (Å²) in [4.78, 5) is 3.83. The van der Waals surface area contributed by atoms with Crippen LogP contribution in [0.4, 0.5) is 5.82 Å². The maximum Gasteiger partial charge on any atom is 0.241 e. The van der Waals surface area contributed by atoms with Crippen molar-refractivity contribution < 1.29 is 12.8 Å². The van der Waals surface area contributed by atoms with Crippen molar-refractivity contribution in [3.05, 3.63) is 42.5 Å². The van der Waals surface area contributed by atoms with Crippen molar-refractivity contribution in [1.82, 2.24) is 9.71 Å². The minimum Gasteiger partial charge on any atom is -0.468 e. The normalized spacial score (nSPS) is 13.4. The lowest BCUT2D eigenvalue weighted by Crippen LogP contribution is -2.26. The average molecular weight is 267 g/mol. The Hall–Kier alpha value is -1.86. The average Bonchev–Trinajstić information content (AvgIpc) is 2.82. The molecule has 0 amide bonds. The first-order valence-electron chi connectivity index (χ1n) is 5.26. The Morgan fingerprint density at radius 1 is 1.44 bits per heavy atom. The standard InChI is InChI=1S/C11H13N3O3S/c1-8(10-3-2-6-17-10)14-18(15,16)9-4-5-13-11(12)7-9/h2-8,14H,1H3,(H2,12,13). The lowest BCUT2D eigenvalue weighted by atomic mass is 10.3. The predicted octanol–water partition coefficient (Wildman–Crippen LogP) is 1.30. The number of aromatic nitrogens is 1. The first-order valence-corrected chi connectivity index (χ1v) is 6.74. The molecule has 0 aromatic carbocycles. The molecule has 0 aliphatic heterocycles. The van der Waals surface area contributed by atoms with Crippen LogP contribution in [0.25, 0.3) is 0 Å². The number of nitrogens with zero attached hydrogens (tertiary/aromatic N) is 1. The smallest absolute Gasteiger partial charge is 0.241 e. The summed E-state index contributed by atoms with van der Waals surface area (Å²) in [5.74, 6) is 0.698. The van der Waals surface area contributed by atoms with Gasteiger partial charge in [-0.3, -0.25) is 0 Å². The van der Waals surface area contributed by atoms with Gasteiger partial charge in [0.15, 0.2) is 0 Å². The van der Waals surface area contributed by atoms with E-state index in [0.717, 1.165) is 0 Å². The van der Waals surface area contributed by atoms with Gasteiger partial charge in [0.25, 0.3) is 0 Å². The minimum absolute atomic E-state index is 0.0772. The van der Waals surface area contributed by atoms with Gasteiger partial charge in [0, 0.05) is 12.3 Å². The molecule has 2 aromatic rings. The van der Waals surface area contributed by atoms with E-state index in [1.807, 2.05) is 0 Å². The molecule has 0 radical (unpaired) electrons. The summed E-state index contributed by atoms with van der Waals surface area (Å²) in [5.41, 5.74) is 5.46. The van der Waals surface area contributed by atoms with E-state index in [9.17, 15) is 8.42 Å². The number of furan rings is 1. The number of rotatable bonds is 4. The van der Waals surface area contributed by atoms with E-state index in [0.29, 0.717) is 5.76 Å². The predicted molar refractivity (Wildman–Crippen MR) is 66.1 cm³/mol. The summed E-state index contributed by atoms with van der Waals surface area (Å²) in [6.07, 6.45) is 2.84. The van der Waals surface area contributed by atoms with Gasteiger partial charge in [0.2, 0.25) is 10.0 Å². The molecule has 2 aromatic heterocycles. The fourth-order valence-corrected chi connectivity index (χ4v) is 2.73. The van der Waals surface area contributed by atoms with Gasteiger partial charge in [-0.25, -0.2) is 18.1 Å². The molecule has 3 N–H and O–H groups in total. The second-order valence-corrected chi connectivity index (χ2v) is 5.49. The fraction of sp³-hybridized carbons (Fsp3) is 0.182. The van der Waals surface area contributed by atoms with Crippen LogP contribution in [0.3, 0.4) is 0 Å². The highest BCUT2D eigenvalue weighted by Gasteiger charge is 2.19. The zero-order valence-electron chi connectivity index (χ0n) is 9.70. The van der Waals surface area contributed by atoms with Crippen molar-refractivity contribution in [2.75, 3.05) is 5.73 Å². The molecule has 1 atom stereocenters. The van der Waals surface area contributed by atoms with Crippen molar-refractivity contribution in [2.45, 2.75) is 17.9 Å². The van der Waals surface area contributed by atoms with Crippen LogP contribution in [0.5, 0.6) is 0 Å². The van der Waals surface area contributed by atoms with Gasteiger partial charge < -0.3 is 10.2 Å². The summed E-state index contributed by atoms with van der Waals surface area (Å²) >= 11 is 0. The van der Waals surface area contributed by atoms with E-state index in [1.54, 1.807) is 19.1 Å². The molecule has 0 aliphatic rings. The van der Waals surface area contributed by atoms with Gasteiger partial charge in [-0.1, -0.05) is 0 Å². The second-order valence-electron chi connectivity index (χ2n) is 3.77. The molecule has 0 saturated heterocycles. The Kier molecular flexibility index (Phi) is 3.35. The van der Waals surface area contributed by atoms with Crippen LogP contribution < -0.4 is 10.5 Å². The van der Waals surface area contributed by atoms with Crippen LogP contribution in [-0.2, 0) is 10.0 Å². The van der Waals surface area contributed by atoms with Crippen LogP contribution in [-0.4, -0.2) is 13.4 Å². The number of sulfonamides is 1. The molecule has 1 unspecified atom stereocenters. The molecule has 0 spiro atoms. The Morgan fingerprint density at radius 2 is 2.22 bits per heavy atom. The Labute approximate surface area is 105 Å². The number of nitrogens with two attached hydrogens (primary N) is 1. The van der Waals surface area contributed by atoms with E-state index >= 15 is 0 Å². The van der Waals surface area contributed by atoms with Crippen molar-refractivity contribution in [3.8, 4) is 0 Å². The van der Waals surface area contributed by atoms with Crippen LogP contribution in [0.1, 0.15) is 18.7 Å². The number of nitrogens with one attached hydrogen (secondary N) is 1. The topological polar surface area (TPSA) is 98.2 Å². The highest BCUT2D eigenvalue weighted by atomic mass is 32.2. The van der Waals surface area contributed by atoms with Crippen molar-refractivity contribution in [2.24, 2.45) is 0 Å². The van der Waals surface area contributed by atoms with E-state index in [-0.39, 0.29) is 10.7 Å². The second kappa shape index (κ2) is 4.79. The molecule has 0 saturated carbocycles. The molecule has 18 heavy (non-hydrogen) atoms. The third-order valence-corrected chi connectivity index (χ3v) is 3.90. The monoisotopic (exact) mass is 267 g/mol. The van der Waals surface area contributed by atoms with E-state index in [2.05, 4.69) is 9.71 Å². The molecule has 96 valence electrons.